The van der Waals surface area contributed by atoms with Crippen LogP contribution in [-0.2, 0) is 11.3 Å². The number of hydrogen-bond donors (Lipinski definition) is 0. The van der Waals surface area contributed by atoms with Gasteiger partial charge >= 0.3 is 0 Å². The van der Waals surface area contributed by atoms with Crippen LogP contribution in [0.25, 0.3) is 0 Å². The fourth-order valence-electron chi connectivity index (χ4n) is 0.908. The van der Waals surface area contributed by atoms with Crippen LogP contribution in [0, 0.1) is 12.7 Å². The molecule has 0 aromatic carbocycles. The maximum atomic E-state index is 12.7. The molecule has 1 rings (SSSR count). The van der Waals surface area contributed by atoms with E-state index < -0.39 is 0 Å². The van der Waals surface area contributed by atoms with Crippen molar-refractivity contribution in [3.05, 3.63) is 29.3 Å². The Kier molecular flexibility index (Phi) is 3.17. The quantitative estimate of drug-likeness (QED) is 0.691. The third-order valence-corrected chi connectivity index (χ3v) is 1.62. The lowest BCUT2D eigenvalue weighted by Crippen LogP contribution is -1.97. The predicted molar refractivity (Wildman–Crippen MR) is 44.3 cm³/mol. The molecule has 66 valence electrons. The lowest BCUT2D eigenvalue weighted by atomic mass is 10.2. The maximum absolute atomic E-state index is 12.7. The minimum Gasteiger partial charge on any atom is -0.377 e. The van der Waals surface area contributed by atoms with Crippen LogP contribution in [0.4, 0.5) is 4.39 Å². The molecule has 0 unspecified atom stereocenters. The number of pyridine rings is 1. The van der Waals surface area contributed by atoms with Gasteiger partial charge in [-0.3, -0.25) is 4.98 Å². The van der Waals surface area contributed by atoms with Crippen LogP contribution >= 0.6 is 0 Å². The smallest absolute Gasteiger partial charge is 0.141 e. The van der Waals surface area contributed by atoms with Gasteiger partial charge in [0.1, 0.15) is 5.82 Å². The average Bonchev–Trinajstić information content (AvgIpc) is 2.07. The van der Waals surface area contributed by atoms with Gasteiger partial charge in [0.05, 0.1) is 12.8 Å². The van der Waals surface area contributed by atoms with Crippen molar-refractivity contribution in [1.29, 1.82) is 0 Å². The molecule has 0 atom stereocenters. The van der Waals surface area contributed by atoms with Crippen LogP contribution in [0.3, 0.4) is 0 Å². The molecule has 1 heterocycles. The summed E-state index contributed by atoms with van der Waals surface area (Å²) in [5.74, 6) is -0.310. The molecular formula is C9H12FNO. The second-order valence-corrected chi connectivity index (χ2v) is 2.54. The van der Waals surface area contributed by atoms with E-state index in [4.69, 9.17) is 4.74 Å². The molecule has 2 nitrogen and oxygen atoms in total. The van der Waals surface area contributed by atoms with Crippen molar-refractivity contribution in [2.24, 2.45) is 0 Å². The Morgan fingerprint density at radius 1 is 1.58 bits per heavy atom. The van der Waals surface area contributed by atoms with Crippen molar-refractivity contribution in [3.63, 3.8) is 0 Å². The Labute approximate surface area is 71.4 Å². The first-order valence-corrected chi connectivity index (χ1v) is 3.92. The highest BCUT2D eigenvalue weighted by atomic mass is 19.1. The number of nitrogens with zero attached hydrogens (tertiary/aromatic N) is 1. The lowest BCUT2D eigenvalue weighted by molar-refractivity contribution is 0.133. The van der Waals surface area contributed by atoms with E-state index in [1.807, 2.05) is 13.8 Å². The summed E-state index contributed by atoms with van der Waals surface area (Å²) in [5.41, 5.74) is 1.64. The summed E-state index contributed by atoms with van der Waals surface area (Å²) in [4.78, 5) is 3.88. The van der Waals surface area contributed by atoms with Crippen molar-refractivity contribution in [1.82, 2.24) is 4.98 Å². The molecule has 3 heteroatoms. The maximum Gasteiger partial charge on any atom is 0.141 e. The van der Waals surface area contributed by atoms with E-state index in [2.05, 4.69) is 4.98 Å². The van der Waals surface area contributed by atoms with Crippen molar-refractivity contribution in [2.45, 2.75) is 20.5 Å². The number of halogens is 1. The van der Waals surface area contributed by atoms with E-state index in [1.54, 1.807) is 0 Å². The molecule has 0 saturated heterocycles. The molecule has 1 aromatic heterocycles. The monoisotopic (exact) mass is 169 g/mol. The topological polar surface area (TPSA) is 22.1 Å². The summed E-state index contributed by atoms with van der Waals surface area (Å²) in [7, 11) is 0. The minimum absolute atomic E-state index is 0.310. The molecule has 0 amide bonds. The second kappa shape index (κ2) is 4.16. The van der Waals surface area contributed by atoms with Crippen LogP contribution in [0.5, 0.6) is 0 Å². The average molecular weight is 169 g/mol. The fraction of sp³-hybridized carbons (Fsp3) is 0.444. The van der Waals surface area contributed by atoms with Crippen molar-refractivity contribution >= 4 is 0 Å². The molecule has 0 aliphatic heterocycles. The molecule has 0 aliphatic carbocycles. The highest BCUT2D eigenvalue weighted by Crippen LogP contribution is 2.07. The lowest BCUT2D eigenvalue weighted by Gasteiger charge is -2.04. The van der Waals surface area contributed by atoms with Crippen molar-refractivity contribution in [3.8, 4) is 0 Å². The van der Waals surface area contributed by atoms with Gasteiger partial charge in [-0.25, -0.2) is 4.39 Å². The predicted octanol–water partition coefficient (Wildman–Crippen LogP) is 2.07. The highest BCUT2D eigenvalue weighted by Gasteiger charge is 2.00. The third-order valence-electron chi connectivity index (χ3n) is 1.62. The molecular weight excluding hydrogens is 157 g/mol. The van der Waals surface area contributed by atoms with E-state index in [-0.39, 0.29) is 5.82 Å². The highest BCUT2D eigenvalue weighted by molar-refractivity contribution is 5.18. The minimum atomic E-state index is -0.310. The summed E-state index contributed by atoms with van der Waals surface area (Å²) in [6, 6.07) is 1.46. The molecule has 0 aliphatic rings. The standard InChI is InChI=1S/C9H12FNO/c1-3-12-6-8-4-9(10)5-11-7(8)2/h4-5H,3,6H2,1-2H3. The van der Waals surface area contributed by atoms with Gasteiger partial charge < -0.3 is 4.74 Å². The summed E-state index contributed by atoms with van der Waals surface area (Å²) < 4.78 is 17.8. The summed E-state index contributed by atoms with van der Waals surface area (Å²) in [6.07, 6.45) is 1.21. The molecule has 12 heavy (non-hydrogen) atoms. The number of ether oxygens (including phenoxy) is 1. The molecule has 1 aromatic rings. The Morgan fingerprint density at radius 3 is 3.00 bits per heavy atom. The Bertz CT molecular complexity index is 263. The van der Waals surface area contributed by atoms with Crippen LogP contribution in [0.2, 0.25) is 0 Å². The molecule has 0 saturated carbocycles. The first-order chi connectivity index (χ1) is 5.74. The van der Waals surface area contributed by atoms with E-state index in [9.17, 15) is 4.39 Å². The van der Waals surface area contributed by atoms with Gasteiger partial charge in [0.2, 0.25) is 0 Å². The molecule has 0 spiro atoms. The number of aryl methyl sites for hydroxylation is 1. The van der Waals surface area contributed by atoms with Gasteiger partial charge in [-0.15, -0.1) is 0 Å². The van der Waals surface area contributed by atoms with E-state index in [1.165, 1.54) is 12.3 Å². The second-order valence-electron chi connectivity index (χ2n) is 2.54. The molecule has 0 bridgehead atoms. The zero-order valence-electron chi connectivity index (χ0n) is 7.30. The molecule has 0 N–H and O–H groups in total. The summed E-state index contributed by atoms with van der Waals surface area (Å²) in [5, 5.41) is 0. The number of aromatic nitrogens is 1. The first kappa shape index (κ1) is 9.13. The zero-order valence-corrected chi connectivity index (χ0v) is 7.30. The number of rotatable bonds is 3. The molecule has 0 radical (unpaired) electrons. The van der Waals surface area contributed by atoms with Gasteiger partial charge in [-0.05, 0) is 19.9 Å². The third kappa shape index (κ3) is 2.27. The van der Waals surface area contributed by atoms with Gasteiger partial charge in [-0.1, -0.05) is 0 Å². The van der Waals surface area contributed by atoms with Crippen molar-refractivity contribution in [2.75, 3.05) is 6.61 Å². The zero-order chi connectivity index (χ0) is 8.97. The molecule has 0 fully saturated rings. The summed E-state index contributed by atoms with van der Waals surface area (Å²) in [6.45, 7) is 4.82. The van der Waals surface area contributed by atoms with Crippen LogP contribution in [-0.4, -0.2) is 11.6 Å². The Morgan fingerprint density at radius 2 is 2.33 bits per heavy atom. The van der Waals surface area contributed by atoms with Crippen LogP contribution in [0.1, 0.15) is 18.2 Å². The largest absolute Gasteiger partial charge is 0.377 e. The van der Waals surface area contributed by atoms with Crippen molar-refractivity contribution < 1.29 is 9.13 Å². The van der Waals surface area contributed by atoms with Gasteiger partial charge in [0.15, 0.2) is 0 Å². The Balaban J connectivity index is 2.75. The van der Waals surface area contributed by atoms with Gasteiger partial charge in [0, 0.05) is 17.9 Å². The normalized spacial score (nSPS) is 10.2. The first-order valence-electron chi connectivity index (χ1n) is 3.92. The summed E-state index contributed by atoms with van der Waals surface area (Å²) >= 11 is 0. The van der Waals surface area contributed by atoms with Crippen LogP contribution in [0.15, 0.2) is 12.3 Å². The Hall–Kier alpha value is -0.960. The fourth-order valence-corrected chi connectivity index (χ4v) is 0.908. The van der Waals surface area contributed by atoms with Gasteiger partial charge in [-0.2, -0.15) is 0 Å². The van der Waals surface area contributed by atoms with E-state index >= 15 is 0 Å². The van der Waals surface area contributed by atoms with E-state index in [0.717, 1.165) is 11.3 Å². The SMILES string of the molecule is CCOCc1cc(F)cnc1C. The number of hydrogen-bond acceptors (Lipinski definition) is 2. The van der Waals surface area contributed by atoms with E-state index in [0.29, 0.717) is 13.2 Å². The van der Waals surface area contributed by atoms with Gasteiger partial charge in [0.25, 0.3) is 0 Å². The van der Waals surface area contributed by atoms with Crippen LogP contribution < -0.4 is 0 Å².